The third-order valence-electron chi connectivity index (χ3n) is 4.46. The number of anilines is 1. The monoisotopic (exact) mass is 403 g/mol. The number of aliphatic hydroxyl groups is 1. The largest absolute Gasteiger partial charge is 0.469 e. The minimum atomic E-state index is -1.91. The lowest BCUT2D eigenvalue weighted by molar-refractivity contribution is -0.135. The molecule has 1 aliphatic rings. The molecule has 0 fully saturated rings. The number of halogens is 1. The van der Waals surface area contributed by atoms with E-state index in [-0.39, 0.29) is 18.7 Å². The predicted molar refractivity (Wildman–Crippen MR) is 97.7 cm³/mol. The van der Waals surface area contributed by atoms with Gasteiger partial charge in [0.15, 0.2) is 11.4 Å². The molecule has 1 aromatic heterocycles. The Kier molecular flexibility index (Phi) is 4.43. The van der Waals surface area contributed by atoms with Crippen molar-refractivity contribution in [3.8, 4) is 0 Å². The van der Waals surface area contributed by atoms with Gasteiger partial charge in [-0.15, -0.1) is 6.58 Å². The number of rotatable bonds is 5. The molecule has 1 aliphatic heterocycles. The summed E-state index contributed by atoms with van der Waals surface area (Å²) in [6.07, 6.45) is 2.74. The van der Waals surface area contributed by atoms with E-state index in [0.717, 1.165) is 4.47 Å². The number of furan rings is 1. The first kappa shape index (κ1) is 17.6. The molecule has 0 spiro atoms. The highest BCUT2D eigenvalue weighted by atomic mass is 79.9. The van der Waals surface area contributed by atoms with Crippen LogP contribution in [0.3, 0.4) is 0 Å². The van der Waals surface area contributed by atoms with Gasteiger partial charge in [-0.3, -0.25) is 9.59 Å². The van der Waals surface area contributed by atoms with Gasteiger partial charge in [0, 0.05) is 16.6 Å². The molecule has 25 heavy (non-hydrogen) atoms. The van der Waals surface area contributed by atoms with E-state index in [4.69, 9.17) is 4.42 Å². The minimum absolute atomic E-state index is 0.258. The minimum Gasteiger partial charge on any atom is -0.469 e. The summed E-state index contributed by atoms with van der Waals surface area (Å²) >= 11 is 3.36. The number of nitrogens with zero attached hydrogens (tertiary/aromatic N) is 1. The van der Waals surface area contributed by atoms with Crippen LogP contribution in [-0.2, 0) is 10.4 Å². The van der Waals surface area contributed by atoms with Gasteiger partial charge in [0.05, 0.1) is 23.9 Å². The lowest BCUT2D eigenvalue weighted by atomic mass is 9.87. The van der Waals surface area contributed by atoms with Gasteiger partial charge in [0.25, 0.3) is 5.91 Å². The van der Waals surface area contributed by atoms with E-state index < -0.39 is 11.5 Å². The Bertz CT molecular complexity index is 866. The molecule has 0 unspecified atom stereocenters. The smallest absolute Gasteiger partial charge is 0.264 e. The number of benzene rings is 1. The zero-order valence-electron chi connectivity index (χ0n) is 14.0. The van der Waals surface area contributed by atoms with E-state index in [1.807, 2.05) is 0 Å². The van der Waals surface area contributed by atoms with Crippen LogP contribution in [0.15, 0.2) is 46.0 Å². The van der Waals surface area contributed by atoms with Gasteiger partial charge in [0.2, 0.25) is 0 Å². The molecule has 130 valence electrons. The van der Waals surface area contributed by atoms with Gasteiger partial charge >= 0.3 is 0 Å². The number of Topliss-reactive ketones (excluding diaryl/α,β-unsaturated/α-hetero) is 1. The third-order valence-corrected chi connectivity index (χ3v) is 4.95. The van der Waals surface area contributed by atoms with Gasteiger partial charge in [-0.1, -0.05) is 22.0 Å². The molecule has 1 atom stereocenters. The zero-order valence-corrected chi connectivity index (χ0v) is 15.6. The molecule has 2 heterocycles. The van der Waals surface area contributed by atoms with Gasteiger partial charge < -0.3 is 14.4 Å². The first-order valence-corrected chi connectivity index (χ1v) is 8.62. The van der Waals surface area contributed by atoms with Crippen molar-refractivity contribution in [3.63, 3.8) is 0 Å². The Morgan fingerprint density at radius 2 is 2.16 bits per heavy atom. The molecule has 1 aromatic carbocycles. The van der Waals surface area contributed by atoms with Crippen molar-refractivity contribution in [2.75, 3.05) is 11.4 Å². The molecule has 1 N–H and O–H groups in total. The number of carbonyl (C=O) groups excluding carboxylic acids is 2. The molecule has 0 saturated heterocycles. The normalized spacial score (nSPS) is 19.2. The van der Waals surface area contributed by atoms with Crippen LogP contribution >= 0.6 is 15.9 Å². The maximum Gasteiger partial charge on any atom is 0.264 e. The second-order valence-corrected chi connectivity index (χ2v) is 7.09. The number of ketones is 1. The molecule has 0 aliphatic carbocycles. The lowest BCUT2D eigenvalue weighted by Gasteiger charge is -2.22. The second-order valence-electron chi connectivity index (χ2n) is 6.18. The summed E-state index contributed by atoms with van der Waals surface area (Å²) in [5.74, 6) is -0.368. The van der Waals surface area contributed by atoms with E-state index in [1.54, 1.807) is 38.1 Å². The van der Waals surface area contributed by atoms with Crippen molar-refractivity contribution >= 4 is 33.3 Å². The molecule has 3 rings (SSSR count). The standard InChI is InChI=1S/C19H18BrNO4/c1-4-7-21-15-6-5-13(20)8-14(15)19(24,18(21)23)9-16(22)17-11(2)10-25-12(17)3/h4-6,8,10,24H,1,7,9H2,2-3H3/t19-/m0/s1. The average Bonchev–Trinajstić information content (AvgIpc) is 2.99. The fraction of sp³-hybridized carbons (Fsp3) is 0.263. The molecule has 5 nitrogen and oxygen atoms in total. The number of amides is 1. The van der Waals surface area contributed by atoms with Crippen molar-refractivity contribution in [1.29, 1.82) is 0 Å². The number of carbonyl (C=O) groups is 2. The summed E-state index contributed by atoms with van der Waals surface area (Å²) in [6, 6.07) is 5.22. The first-order chi connectivity index (χ1) is 11.8. The van der Waals surface area contributed by atoms with Crippen LogP contribution in [0, 0.1) is 13.8 Å². The van der Waals surface area contributed by atoms with Crippen LogP contribution in [0.5, 0.6) is 0 Å². The molecule has 0 saturated carbocycles. The number of hydrogen-bond acceptors (Lipinski definition) is 4. The summed E-state index contributed by atoms with van der Waals surface area (Å²) in [5.41, 5.74) is 0.203. The summed E-state index contributed by atoms with van der Waals surface area (Å²) in [6.45, 7) is 7.37. The SMILES string of the molecule is C=CCN1C(=O)[C@](O)(CC(=O)c2c(C)coc2C)c2cc(Br)ccc21. The van der Waals surface area contributed by atoms with Gasteiger partial charge in [-0.25, -0.2) is 0 Å². The highest BCUT2D eigenvalue weighted by molar-refractivity contribution is 9.10. The fourth-order valence-electron chi connectivity index (χ4n) is 3.31. The molecule has 2 aromatic rings. The Labute approximate surface area is 154 Å². The van der Waals surface area contributed by atoms with Gasteiger partial charge in [-0.2, -0.15) is 0 Å². The Balaban J connectivity index is 2.05. The molecular formula is C19H18BrNO4. The zero-order chi connectivity index (χ0) is 18.4. The van der Waals surface area contributed by atoms with Gasteiger partial charge in [0.1, 0.15) is 5.76 Å². The van der Waals surface area contributed by atoms with Crippen LogP contribution in [-0.4, -0.2) is 23.3 Å². The first-order valence-electron chi connectivity index (χ1n) is 7.82. The molecule has 1 amide bonds. The summed E-state index contributed by atoms with van der Waals surface area (Å²) in [5, 5.41) is 11.2. The summed E-state index contributed by atoms with van der Waals surface area (Å²) in [4.78, 5) is 27.1. The molecule has 0 radical (unpaired) electrons. The Morgan fingerprint density at radius 3 is 2.76 bits per heavy atom. The fourth-order valence-corrected chi connectivity index (χ4v) is 3.67. The van der Waals surface area contributed by atoms with Crippen molar-refractivity contribution in [2.45, 2.75) is 25.9 Å². The van der Waals surface area contributed by atoms with Crippen molar-refractivity contribution < 1.29 is 19.1 Å². The number of fused-ring (bicyclic) bond motifs is 1. The second kappa shape index (κ2) is 6.28. The van der Waals surface area contributed by atoms with Crippen molar-refractivity contribution in [2.24, 2.45) is 0 Å². The van der Waals surface area contributed by atoms with Gasteiger partial charge in [-0.05, 0) is 37.6 Å². The Hall–Kier alpha value is -2.18. The topological polar surface area (TPSA) is 70.8 Å². The van der Waals surface area contributed by atoms with Crippen molar-refractivity contribution in [1.82, 2.24) is 0 Å². The number of hydrogen-bond donors (Lipinski definition) is 1. The highest BCUT2D eigenvalue weighted by Crippen LogP contribution is 2.44. The van der Waals surface area contributed by atoms with Crippen LogP contribution < -0.4 is 4.90 Å². The van der Waals surface area contributed by atoms with E-state index >= 15 is 0 Å². The molecule has 0 bridgehead atoms. The van der Waals surface area contributed by atoms with E-state index in [1.165, 1.54) is 11.2 Å². The molecular weight excluding hydrogens is 386 g/mol. The van der Waals surface area contributed by atoms with E-state index in [0.29, 0.717) is 28.1 Å². The average molecular weight is 404 g/mol. The summed E-state index contributed by atoms with van der Waals surface area (Å²) < 4.78 is 5.99. The highest BCUT2D eigenvalue weighted by Gasteiger charge is 2.51. The quantitative estimate of drug-likeness (QED) is 0.610. The van der Waals surface area contributed by atoms with Crippen LogP contribution in [0.25, 0.3) is 0 Å². The van der Waals surface area contributed by atoms with E-state index in [9.17, 15) is 14.7 Å². The van der Waals surface area contributed by atoms with Crippen LogP contribution in [0.2, 0.25) is 0 Å². The third kappa shape index (κ3) is 2.75. The molecule has 6 heteroatoms. The Morgan fingerprint density at radius 1 is 1.44 bits per heavy atom. The van der Waals surface area contributed by atoms with Crippen molar-refractivity contribution in [3.05, 3.63) is 64.0 Å². The van der Waals surface area contributed by atoms with Crippen LogP contribution in [0.4, 0.5) is 5.69 Å². The maximum absolute atomic E-state index is 12.9. The maximum atomic E-state index is 12.9. The number of aryl methyl sites for hydroxylation is 2. The lowest BCUT2D eigenvalue weighted by Crippen LogP contribution is -2.42. The summed E-state index contributed by atoms with van der Waals surface area (Å²) in [7, 11) is 0. The van der Waals surface area contributed by atoms with Crippen LogP contribution in [0.1, 0.15) is 33.7 Å². The van der Waals surface area contributed by atoms with E-state index in [2.05, 4.69) is 22.5 Å². The predicted octanol–water partition coefficient (Wildman–Crippen LogP) is 3.65.